The molecule has 0 aliphatic heterocycles. The topological polar surface area (TPSA) is 15.3 Å². The molecule has 0 aromatic carbocycles. The third-order valence-electron chi connectivity index (χ3n) is 1.88. The van der Waals surface area contributed by atoms with Crippen LogP contribution >= 0.6 is 0 Å². The maximum atomic E-state index is 3.78. The third kappa shape index (κ3) is 4.37. The van der Waals surface area contributed by atoms with Gasteiger partial charge in [-0.05, 0) is 12.9 Å². The van der Waals surface area contributed by atoms with E-state index < -0.39 is 0 Å². The maximum Gasteiger partial charge on any atom is 0.110 e. The fourth-order valence-electron chi connectivity index (χ4n) is 0.888. The predicted molar refractivity (Wildman–Crippen MR) is 57.9 cm³/mol. The van der Waals surface area contributed by atoms with Gasteiger partial charge in [-0.15, -0.1) is 0 Å². The Morgan fingerprint density at radius 2 is 2.33 bits per heavy atom. The molecule has 0 saturated carbocycles. The first kappa shape index (κ1) is 11.5. The van der Waals surface area contributed by atoms with Crippen molar-refractivity contribution in [2.45, 2.75) is 12.7 Å². The third-order valence-corrected chi connectivity index (χ3v) is 1.88. The lowest BCUT2D eigenvalue weighted by molar-refractivity contribution is 0.289. The average molecular weight is 166 g/mol. The lowest BCUT2D eigenvalue weighted by Crippen LogP contribution is -2.30. The molecule has 0 heterocycles. The largest absolute Gasteiger partial charge is 0.258 e. The Morgan fingerprint density at radius 1 is 1.75 bits per heavy atom. The van der Waals surface area contributed by atoms with Crippen LogP contribution in [-0.2, 0) is 0 Å². The summed E-state index contributed by atoms with van der Waals surface area (Å²) in [7, 11) is 6.10. The molecule has 1 unspecified atom stereocenters. The number of hydrogen-bond acceptors (Lipinski definition) is 2. The summed E-state index contributed by atoms with van der Waals surface area (Å²) >= 11 is 0. The Balaban J connectivity index is 4.02. The minimum absolute atomic E-state index is 0.563. The lowest BCUT2D eigenvalue weighted by atomic mass is 9.82. The maximum absolute atomic E-state index is 3.78. The van der Waals surface area contributed by atoms with Crippen LogP contribution in [-0.4, -0.2) is 33.5 Å². The number of nitrogens with one attached hydrogen (secondary N) is 1. The Bertz CT molecular complexity index is 164. The molecule has 0 rings (SSSR count). The number of rotatable bonds is 5. The molecular formula is C9H19BN2. The highest BCUT2D eigenvalue weighted by Crippen LogP contribution is 2.12. The second-order valence-corrected chi connectivity index (χ2v) is 3.17. The summed E-state index contributed by atoms with van der Waals surface area (Å²) in [6.45, 7) is 6.87. The van der Waals surface area contributed by atoms with Gasteiger partial charge >= 0.3 is 0 Å². The van der Waals surface area contributed by atoms with Crippen molar-refractivity contribution in [3.05, 3.63) is 24.3 Å². The summed E-state index contributed by atoms with van der Waals surface area (Å²) in [5.41, 5.74) is 4.34. The highest BCUT2D eigenvalue weighted by atomic mass is 15.5. The molecule has 0 aromatic rings. The molecule has 0 aliphatic rings. The minimum atomic E-state index is 0.563. The van der Waals surface area contributed by atoms with E-state index in [4.69, 9.17) is 0 Å². The first-order valence-corrected chi connectivity index (χ1v) is 4.32. The van der Waals surface area contributed by atoms with Gasteiger partial charge < -0.3 is 0 Å². The highest BCUT2D eigenvalue weighted by Gasteiger charge is 1.98. The number of allylic oxidation sites excluding steroid dienone is 2. The van der Waals surface area contributed by atoms with E-state index in [-0.39, 0.29) is 0 Å². The first-order chi connectivity index (χ1) is 5.61. The smallest absolute Gasteiger partial charge is 0.110 e. The van der Waals surface area contributed by atoms with Crippen LogP contribution in [0.4, 0.5) is 0 Å². The molecule has 0 spiro atoms. The van der Waals surface area contributed by atoms with Crippen molar-refractivity contribution in [1.82, 2.24) is 10.4 Å². The van der Waals surface area contributed by atoms with Gasteiger partial charge in [0.25, 0.3) is 0 Å². The number of nitrogens with zero attached hydrogens (tertiary/aromatic N) is 1. The molecule has 0 saturated heterocycles. The monoisotopic (exact) mass is 166 g/mol. The van der Waals surface area contributed by atoms with Crippen LogP contribution in [0.3, 0.4) is 0 Å². The molecular weight excluding hydrogens is 147 g/mol. The molecule has 0 fully saturated rings. The summed E-state index contributed by atoms with van der Waals surface area (Å²) in [6, 6.07) is 0. The van der Waals surface area contributed by atoms with Crippen LogP contribution in [0.1, 0.15) is 6.92 Å². The van der Waals surface area contributed by atoms with Gasteiger partial charge in [-0.25, -0.2) is 5.01 Å². The van der Waals surface area contributed by atoms with Gasteiger partial charge in [0.1, 0.15) is 7.85 Å². The molecule has 0 radical (unpaired) electrons. The standard InChI is InChI=1S/C9H19BN2/c1-5-9(8(2)10)6-7-12(4)11-3/h5-6,8,11H,1,7,10H2,2-4H3/b9-6+. The van der Waals surface area contributed by atoms with Gasteiger partial charge in [0, 0.05) is 13.6 Å². The Hall–Kier alpha value is -0.535. The Morgan fingerprint density at radius 3 is 2.67 bits per heavy atom. The van der Waals surface area contributed by atoms with Gasteiger partial charge in [-0.1, -0.05) is 31.2 Å². The fraction of sp³-hybridized carbons (Fsp3) is 0.556. The number of hydrazine groups is 1. The molecule has 1 atom stereocenters. The van der Waals surface area contributed by atoms with Crippen molar-refractivity contribution in [2.75, 3.05) is 20.6 Å². The molecule has 1 N–H and O–H groups in total. The molecule has 0 bridgehead atoms. The van der Waals surface area contributed by atoms with Gasteiger partial charge in [-0.3, -0.25) is 5.43 Å². The average Bonchev–Trinajstić information content (AvgIpc) is 2.04. The van der Waals surface area contributed by atoms with Crippen LogP contribution in [0.5, 0.6) is 0 Å². The first-order valence-electron chi connectivity index (χ1n) is 4.32. The molecule has 0 amide bonds. The molecule has 0 aromatic heterocycles. The van der Waals surface area contributed by atoms with E-state index in [0.717, 1.165) is 6.54 Å². The molecule has 68 valence electrons. The summed E-state index contributed by atoms with van der Waals surface area (Å²) in [6.07, 6.45) is 4.11. The fourth-order valence-corrected chi connectivity index (χ4v) is 0.888. The van der Waals surface area contributed by atoms with E-state index in [1.54, 1.807) is 0 Å². The van der Waals surface area contributed by atoms with Crippen LogP contribution < -0.4 is 5.43 Å². The zero-order valence-electron chi connectivity index (χ0n) is 8.59. The van der Waals surface area contributed by atoms with Gasteiger partial charge in [0.05, 0.1) is 0 Å². The van der Waals surface area contributed by atoms with Crippen molar-refractivity contribution in [1.29, 1.82) is 0 Å². The van der Waals surface area contributed by atoms with Crippen molar-refractivity contribution >= 4 is 7.85 Å². The van der Waals surface area contributed by atoms with Gasteiger partial charge in [0.15, 0.2) is 0 Å². The predicted octanol–water partition coefficient (Wildman–Crippen LogP) is 0.606. The number of hydrogen-bond donors (Lipinski definition) is 1. The zero-order chi connectivity index (χ0) is 9.56. The van der Waals surface area contributed by atoms with E-state index in [1.807, 2.05) is 25.2 Å². The van der Waals surface area contributed by atoms with Crippen molar-refractivity contribution < 1.29 is 0 Å². The number of likely N-dealkylation sites (N-methyl/N-ethyl adjacent to an activating group) is 1. The second-order valence-electron chi connectivity index (χ2n) is 3.17. The Kier molecular flexibility index (Phi) is 5.76. The van der Waals surface area contributed by atoms with Crippen LogP contribution in [0, 0.1) is 0 Å². The SMILES string of the molecule is BC(C)/C(C=C)=C/CN(C)NC. The van der Waals surface area contributed by atoms with Crippen LogP contribution in [0.2, 0.25) is 5.82 Å². The van der Waals surface area contributed by atoms with E-state index in [2.05, 4.69) is 32.9 Å². The zero-order valence-corrected chi connectivity index (χ0v) is 8.59. The van der Waals surface area contributed by atoms with E-state index in [9.17, 15) is 0 Å². The summed E-state index contributed by atoms with van der Waals surface area (Å²) in [4.78, 5) is 0. The van der Waals surface area contributed by atoms with E-state index >= 15 is 0 Å². The molecule has 12 heavy (non-hydrogen) atoms. The van der Waals surface area contributed by atoms with Crippen LogP contribution in [0.15, 0.2) is 24.3 Å². The lowest BCUT2D eigenvalue weighted by Gasteiger charge is -2.13. The molecule has 0 aliphatic carbocycles. The van der Waals surface area contributed by atoms with Crippen molar-refractivity contribution in [2.24, 2.45) is 0 Å². The van der Waals surface area contributed by atoms with Crippen molar-refractivity contribution in [3.8, 4) is 0 Å². The van der Waals surface area contributed by atoms with E-state index in [0.29, 0.717) is 5.82 Å². The minimum Gasteiger partial charge on any atom is -0.258 e. The Labute approximate surface area is 76.7 Å². The molecule has 2 nitrogen and oxygen atoms in total. The summed E-state index contributed by atoms with van der Waals surface area (Å²) < 4.78 is 0. The normalized spacial score (nSPS) is 14.8. The van der Waals surface area contributed by atoms with Crippen LogP contribution in [0.25, 0.3) is 0 Å². The molecule has 3 heteroatoms. The van der Waals surface area contributed by atoms with Gasteiger partial charge in [-0.2, -0.15) is 0 Å². The van der Waals surface area contributed by atoms with Gasteiger partial charge in [0.2, 0.25) is 0 Å². The van der Waals surface area contributed by atoms with Crippen molar-refractivity contribution in [3.63, 3.8) is 0 Å². The quantitative estimate of drug-likeness (QED) is 0.365. The highest BCUT2D eigenvalue weighted by molar-refractivity contribution is 6.13. The second kappa shape index (κ2) is 6.03. The summed E-state index contributed by atoms with van der Waals surface area (Å²) in [5, 5.41) is 2.02. The van der Waals surface area contributed by atoms with E-state index in [1.165, 1.54) is 5.57 Å². The summed E-state index contributed by atoms with van der Waals surface area (Å²) in [5.74, 6) is 0.563.